The van der Waals surface area contributed by atoms with Crippen molar-refractivity contribution in [2.24, 2.45) is 0 Å². The Morgan fingerprint density at radius 1 is 1.08 bits per heavy atom. The fourth-order valence-electron chi connectivity index (χ4n) is 2.24. The SMILES string of the molecule is COc1ccc(NC(=O)COc2ccc(C)cc2C)cc1OC(F)F. The zero-order valence-electron chi connectivity index (χ0n) is 14.1. The van der Waals surface area contributed by atoms with E-state index in [0.717, 1.165) is 11.1 Å². The van der Waals surface area contributed by atoms with Gasteiger partial charge in [-0.2, -0.15) is 8.78 Å². The van der Waals surface area contributed by atoms with Gasteiger partial charge in [0, 0.05) is 11.8 Å². The van der Waals surface area contributed by atoms with Crippen LogP contribution in [0.3, 0.4) is 0 Å². The zero-order valence-corrected chi connectivity index (χ0v) is 14.1. The number of benzene rings is 2. The van der Waals surface area contributed by atoms with Crippen molar-refractivity contribution in [1.29, 1.82) is 0 Å². The highest BCUT2D eigenvalue weighted by molar-refractivity contribution is 5.92. The molecule has 2 aromatic carbocycles. The summed E-state index contributed by atoms with van der Waals surface area (Å²) in [4.78, 5) is 12.0. The number of carbonyl (C=O) groups excluding carboxylic acids is 1. The van der Waals surface area contributed by atoms with E-state index < -0.39 is 12.5 Å². The van der Waals surface area contributed by atoms with Crippen LogP contribution >= 0.6 is 0 Å². The first-order valence-corrected chi connectivity index (χ1v) is 7.52. The molecule has 25 heavy (non-hydrogen) atoms. The second kappa shape index (κ2) is 8.32. The van der Waals surface area contributed by atoms with E-state index in [1.54, 1.807) is 6.07 Å². The number of anilines is 1. The van der Waals surface area contributed by atoms with Gasteiger partial charge in [0.05, 0.1) is 7.11 Å². The number of hydrogen-bond donors (Lipinski definition) is 1. The number of ether oxygens (including phenoxy) is 3. The number of methoxy groups -OCH3 is 1. The van der Waals surface area contributed by atoms with Gasteiger partial charge in [-0.05, 0) is 37.6 Å². The van der Waals surface area contributed by atoms with Crippen LogP contribution in [0.2, 0.25) is 0 Å². The zero-order chi connectivity index (χ0) is 18.4. The number of rotatable bonds is 7. The molecule has 0 aliphatic heterocycles. The molecule has 1 amide bonds. The van der Waals surface area contributed by atoms with Gasteiger partial charge in [0.2, 0.25) is 0 Å². The lowest BCUT2D eigenvalue weighted by atomic mass is 10.1. The molecule has 0 aromatic heterocycles. The van der Waals surface area contributed by atoms with Crippen molar-refractivity contribution in [1.82, 2.24) is 0 Å². The van der Waals surface area contributed by atoms with Gasteiger partial charge in [0.1, 0.15) is 5.75 Å². The topological polar surface area (TPSA) is 56.8 Å². The third-order valence-electron chi connectivity index (χ3n) is 3.35. The molecule has 1 N–H and O–H groups in total. The van der Waals surface area contributed by atoms with Gasteiger partial charge < -0.3 is 19.5 Å². The van der Waals surface area contributed by atoms with E-state index in [2.05, 4.69) is 10.1 Å². The van der Waals surface area contributed by atoms with E-state index >= 15 is 0 Å². The predicted octanol–water partition coefficient (Wildman–Crippen LogP) is 3.93. The van der Waals surface area contributed by atoms with Gasteiger partial charge in [-0.15, -0.1) is 0 Å². The number of alkyl halides is 2. The average Bonchev–Trinajstić information content (AvgIpc) is 2.54. The average molecular weight is 351 g/mol. The number of carbonyl (C=O) groups is 1. The summed E-state index contributed by atoms with van der Waals surface area (Å²) < 4.78 is 39.6. The van der Waals surface area contributed by atoms with Gasteiger partial charge in [0.15, 0.2) is 18.1 Å². The van der Waals surface area contributed by atoms with Gasteiger partial charge >= 0.3 is 6.61 Å². The van der Waals surface area contributed by atoms with Crippen LogP contribution in [-0.2, 0) is 4.79 Å². The van der Waals surface area contributed by atoms with E-state index in [0.29, 0.717) is 11.4 Å². The maximum Gasteiger partial charge on any atom is 0.387 e. The Hall–Kier alpha value is -2.83. The van der Waals surface area contributed by atoms with Gasteiger partial charge in [0.25, 0.3) is 5.91 Å². The first-order valence-electron chi connectivity index (χ1n) is 7.52. The molecule has 2 aromatic rings. The summed E-state index contributed by atoms with van der Waals surface area (Å²) in [7, 11) is 1.34. The second-order valence-corrected chi connectivity index (χ2v) is 5.35. The van der Waals surface area contributed by atoms with E-state index in [4.69, 9.17) is 9.47 Å². The molecular formula is C18H19F2NO4. The molecule has 0 bridgehead atoms. The van der Waals surface area contributed by atoms with Crippen LogP contribution in [0.4, 0.5) is 14.5 Å². The van der Waals surface area contributed by atoms with Crippen molar-refractivity contribution in [2.75, 3.05) is 19.0 Å². The van der Waals surface area contributed by atoms with Crippen molar-refractivity contribution in [3.05, 3.63) is 47.5 Å². The van der Waals surface area contributed by atoms with Crippen LogP contribution in [0, 0.1) is 13.8 Å². The summed E-state index contributed by atoms with van der Waals surface area (Å²) in [5.74, 6) is 0.167. The molecule has 0 fully saturated rings. The second-order valence-electron chi connectivity index (χ2n) is 5.35. The molecule has 7 heteroatoms. The molecule has 0 radical (unpaired) electrons. The van der Waals surface area contributed by atoms with Gasteiger partial charge in [-0.3, -0.25) is 4.79 Å². The number of aryl methyl sites for hydroxylation is 2. The summed E-state index contributed by atoms with van der Waals surface area (Å²) in [6.45, 7) is 0.651. The maximum atomic E-state index is 12.4. The standard InChI is InChI=1S/C18H19F2NO4/c1-11-4-6-14(12(2)8-11)24-10-17(22)21-13-5-7-15(23-3)16(9-13)25-18(19)20/h4-9,18H,10H2,1-3H3,(H,21,22). The minimum absolute atomic E-state index is 0.143. The first kappa shape index (κ1) is 18.5. The molecule has 5 nitrogen and oxygen atoms in total. The fraction of sp³-hybridized carbons (Fsp3) is 0.278. The van der Waals surface area contributed by atoms with Crippen LogP contribution in [0.5, 0.6) is 17.2 Å². The molecule has 0 unspecified atom stereocenters. The number of amides is 1. The number of hydrogen-bond acceptors (Lipinski definition) is 4. The quantitative estimate of drug-likeness (QED) is 0.821. The monoisotopic (exact) mass is 351 g/mol. The van der Waals surface area contributed by atoms with Crippen molar-refractivity contribution >= 4 is 11.6 Å². The van der Waals surface area contributed by atoms with E-state index in [-0.39, 0.29) is 18.1 Å². The van der Waals surface area contributed by atoms with Gasteiger partial charge in [-0.25, -0.2) is 0 Å². The Labute approximate surface area is 144 Å². The molecule has 0 saturated carbocycles. The molecule has 0 spiro atoms. The third-order valence-corrected chi connectivity index (χ3v) is 3.35. The highest BCUT2D eigenvalue weighted by Gasteiger charge is 2.13. The molecular weight excluding hydrogens is 332 g/mol. The fourth-order valence-corrected chi connectivity index (χ4v) is 2.24. The molecule has 2 rings (SSSR count). The Morgan fingerprint density at radius 3 is 2.44 bits per heavy atom. The van der Waals surface area contributed by atoms with E-state index in [1.165, 1.54) is 25.3 Å². The molecule has 0 aliphatic rings. The predicted molar refractivity (Wildman–Crippen MR) is 89.7 cm³/mol. The van der Waals surface area contributed by atoms with Crippen molar-refractivity contribution in [2.45, 2.75) is 20.5 Å². The third kappa shape index (κ3) is 5.34. The summed E-state index contributed by atoms with van der Waals surface area (Å²) in [5, 5.41) is 2.56. The highest BCUT2D eigenvalue weighted by atomic mass is 19.3. The normalized spacial score (nSPS) is 10.5. The van der Waals surface area contributed by atoms with Crippen LogP contribution < -0.4 is 19.5 Å². The molecule has 0 heterocycles. The largest absolute Gasteiger partial charge is 0.493 e. The lowest BCUT2D eigenvalue weighted by Crippen LogP contribution is -2.20. The lowest BCUT2D eigenvalue weighted by Gasteiger charge is -2.13. The first-order chi connectivity index (χ1) is 11.9. The summed E-state index contributed by atoms with van der Waals surface area (Å²) in [6.07, 6.45) is 0. The minimum Gasteiger partial charge on any atom is -0.493 e. The van der Waals surface area contributed by atoms with Crippen molar-refractivity contribution < 1.29 is 27.8 Å². The van der Waals surface area contributed by atoms with Crippen LogP contribution in [0.1, 0.15) is 11.1 Å². The summed E-state index contributed by atoms with van der Waals surface area (Å²) in [5.41, 5.74) is 2.31. The van der Waals surface area contributed by atoms with Crippen molar-refractivity contribution in [3.8, 4) is 17.2 Å². The Kier molecular flexibility index (Phi) is 6.16. The molecule has 0 atom stereocenters. The van der Waals surface area contributed by atoms with Crippen LogP contribution in [0.15, 0.2) is 36.4 Å². The molecule has 134 valence electrons. The molecule has 0 aliphatic carbocycles. The van der Waals surface area contributed by atoms with Gasteiger partial charge in [-0.1, -0.05) is 17.7 Å². The van der Waals surface area contributed by atoms with Crippen molar-refractivity contribution in [3.63, 3.8) is 0 Å². The Morgan fingerprint density at radius 2 is 1.80 bits per heavy atom. The summed E-state index contributed by atoms with van der Waals surface area (Å²) in [6, 6.07) is 9.84. The Balaban J connectivity index is 2.00. The minimum atomic E-state index is -2.99. The van der Waals surface area contributed by atoms with Crippen LogP contribution in [-0.4, -0.2) is 26.2 Å². The lowest BCUT2D eigenvalue weighted by molar-refractivity contribution is -0.118. The summed E-state index contributed by atoms with van der Waals surface area (Å²) >= 11 is 0. The number of halogens is 2. The van der Waals surface area contributed by atoms with E-state index in [1.807, 2.05) is 26.0 Å². The van der Waals surface area contributed by atoms with E-state index in [9.17, 15) is 13.6 Å². The number of nitrogens with one attached hydrogen (secondary N) is 1. The highest BCUT2D eigenvalue weighted by Crippen LogP contribution is 2.31. The smallest absolute Gasteiger partial charge is 0.387 e. The molecule has 0 saturated heterocycles. The Bertz CT molecular complexity index is 750. The van der Waals surface area contributed by atoms with Crippen LogP contribution in [0.25, 0.3) is 0 Å². The maximum absolute atomic E-state index is 12.4.